The summed E-state index contributed by atoms with van der Waals surface area (Å²) in [5, 5.41) is 0. The standard InChI is InChI=1S/C11H15NO4/c1-13-8-4-7-9(6(12)5-16-7)11(15-3)10(8)14-2/h4,6H,5,12H2,1-3H3. The molecule has 1 heterocycles. The molecule has 1 atom stereocenters. The molecule has 2 rings (SSSR count). The van der Waals surface area contributed by atoms with Gasteiger partial charge in [-0.15, -0.1) is 0 Å². The van der Waals surface area contributed by atoms with Gasteiger partial charge in [-0.25, -0.2) is 0 Å². The van der Waals surface area contributed by atoms with E-state index in [0.717, 1.165) is 5.56 Å². The number of ether oxygens (including phenoxy) is 4. The SMILES string of the molecule is COc1cc2c(c(OC)c1OC)C(N)CO2. The zero-order valence-electron chi connectivity index (χ0n) is 9.57. The first-order valence-electron chi connectivity index (χ1n) is 4.94. The highest BCUT2D eigenvalue weighted by Crippen LogP contribution is 2.49. The van der Waals surface area contributed by atoms with Crippen molar-refractivity contribution in [2.75, 3.05) is 27.9 Å². The van der Waals surface area contributed by atoms with Gasteiger partial charge in [-0.05, 0) is 0 Å². The molecule has 5 heteroatoms. The molecule has 0 aliphatic carbocycles. The molecule has 0 amide bonds. The van der Waals surface area contributed by atoms with Crippen molar-refractivity contribution in [3.05, 3.63) is 11.6 Å². The van der Waals surface area contributed by atoms with Gasteiger partial charge in [0.25, 0.3) is 0 Å². The van der Waals surface area contributed by atoms with Gasteiger partial charge >= 0.3 is 0 Å². The first-order valence-corrected chi connectivity index (χ1v) is 4.94. The molecular formula is C11H15NO4. The molecule has 16 heavy (non-hydrogen) atoms. The minimum Gasteiger partial charge on any atom is -0.493 e. The summed E-state index contributed by atoms with van der Waals surface area (Å²) in [6.45, 7) is 0.446. The van der Waals surface area contributed by atoms with Gasteiger partial charge < -0.3 is 24.7 Å². The Morgan fingerprint density at radius 3 is 2.44 bits per heavy atom. The summed E-state index contributed by atoms with van der Waals surface area (Å²) in [6.07, 6.45) is 0. The monoisotopic (exact) mass is 225 g/mol. The van der Waals surface area contributed by atoms with Crippen LogP contribution in [0.4, 0.5) is 0 Å². The van der Waals surface area contributed by atoms with Crippen LogP contribution >= 0.6 is 0 Å². The average Bonchev–Trinajstić information content (AvgIpc) is 2.68. The largest absolute Gasteiger partial charge is 0.493 e. The topological polar surface area (TPSA) is 62.9 Å². The second-order valence-corrected chi connectivity index (χ2v) is 3.47. The van der Waals surface area contributed by atoms with Crippen molar-refractivity contribution in [3.63, 3.8) is 0 Å². The lowest BCUT2D eigenvalue weighted by molar-refractivity contribution is 0.319. The summed E-state index contributed by atoms with van der Waals surface area (Å²) in [4.78, 5) is 0. The Morgan fingerprint density at radius 2 is 1.88 bits per heavy atom. The molecule has 88 valence electrons. The third-order valence-corrected chi connectivity index (χ3v) is 2.62. The first kappa shape index (κ1) is 10.9. The fourth-order valence-electron chi connectivity index (χ4n) is 1.89. The molecule has 1 aliphatic rings. The van der Waals surface area contributed by atoms with Crippen LogP contribution in [0.2, 0.25) is 0 Å². The zero-order chi connectivity index (χ0) is 11.7. The van der Waals surface area contributed by atoms with Gasteiger partial charge in [0.15, 0.2) is 11.5 Å². The quantitative estimate of drug-likeness (QED) is 0.834. The van der Waals surface area contributed by atoms with Crippen LogP contribution in [0.1, 0.15) is 11.6 Å². The molecule has 0 saturated carbocycles. The summed E-state index contributed by atoms with van der Waals surface area (Å²) in [7, 11) is 4.70. The Morgan fingerprint density at radius 1 is 1.19 bits per heavy atom. The van der Waals surface area contributed by atoms with Gasteiger partial charge in [0.2, 0.25) is 5.75 Å². The molecule has 2 N–H and O–H groups in total. The number of fused-ring (bicyclic) bond motifs is 1. The van der Waals surface area contributed by atoms with Crippen LogP contribution in [0.25, 0.3) is 0 Å². The minimum absolute atomic E-state index is 0.190. The van der Waals surface area contributed by atoms with Gasteiger partial charge in [0, 0.05) is 6.07 Å². The molecule has 0 fully saturated rings. The van der Waals surface area contributed by atoms with E-state index in [1.54, 1.807) is 27.4 Å². The molecule has 0 aromatic heterocycles. The fourth-order valence-corrected chi connectivity index (χ4v) is 1.89. The van der Waals surface area contributed by atoms with E-state index in [1.165, 1.54) is 0 Å². The van der Waals surface area contributed by atoms with E-state index in [9.17, 15) is 0 Å². The van der Waals surface area contributed by atoms with E-state index in [2.05, 4.69) is 0 Å². The van der Waals surface area contributed by atoms with Gasteiger partial charge in [-0.3, -0.25) is 0 Å². The molecule has 5 nitrogen and oxygen atoms in total. The van der Waals surface area contributed by atoms with Crippen molar-refractivity contribution in [2.45, 2.75) is 6.04 Å². The van der Waals surface area contributed by atoms with Crippen molar-refractivity contribution >= 4 is 0 Å². The number of benzene rings is 1. The normalized spacial score (nSPS) is 17.6. The van der Waals surface area contributed by atoms with Crippen LogP contribution in [0, 0.1) is 0 Å². The maximum Gasteiger partial charge on any atom is 0.203 e. The van der Waals surface area contributed by atoms with E-state index in [1.807, 2.05) is 0 Å². The van der Waals surface area contributed by atoms with Crippen molar-refractivity contribution < 1.29 is 18.9 Å². The van der Waals surface area contributed by atoms with Crippen LogP contribution in [0.5, 0.6) is 23.0 Å². The van der Waals surface area contributed by atoms with Gasteiger partial charge in [-0.1, -0.05) is 0 Å². The van der Waals surface area contributed by atoms with E-state index in [4.69, 9.17) is 24.7 Å². The summed E-state index contributed by atoms with van der Waals surface area (Å²) < 4.78 is 21.3. The Hall–Kier alpha value is -1.62. The molecule has 1 aromatic rings. The highest BCUT2D eigenvalue weighted by molar-refractivity contribution is 5.63. The van der Waals surface area contributed by atoms with Crippen molar-refractivity contribution in [1.82, 2.24) is 0 Å². The van der Waals surface area contributed by atoms with Crippen LogP contribution in [0.3, 0.4) is 0 Å². The van der Waals surface area contributed by atoms with Crippen LogP contribution in [-0.4, -0.2) is 27.9 Å². The smallest absolute Gasteiger partial charge is 0.203 e. The molecule has 0 bridgehead atoms. The maximum absolute atomic E-state index is 5.94. The van der Waals surface area contributed by atoms with Crippen LogP contribution < -0.4 is 24.7 Å². The van der Waals surface area contributed by atoms with Gasteiger partial charge in [-0.2, -0.15) is 0 Å². The fraction of sp³-hybridized carbons (Fsp3) is 0.455. The molecule has 1 unspecified atom stereocenters. The second kappa shape index (κ2) is 4.09. The molecule has 0 radical (unpaired) electrons. The lowest BCUT2D eigenvalue weighted by Crippen LogP contribution is -2.12. The molecule has 0 saturated heterocycles. The van der Waals surface area contributed by atoms with Crippen LogP contribution in [0.15, 0.2) is 6.07 Å². The highest BCUT2D eigenvalue weighted by atomic mass is 16.5. The number of hydrogen-bond donors (Lipinski definition) is 1. The average molecular weight is 225 g/mol. The minimum atomic E-state index is -0.190. The zero-order valence-corrected chi connectivity index (χ0v) is 9.57. The summed E-state index contributed by atoms with van der Waals surface area (Å²) in [6, 6.07) is 1.58. The molecule has 1 aromatic carbocycles. The number of nitrogens with two attached hydrogens (primary N) is 1. The predicted molar refractivity (Wildman–Crippen MR) is 58.5 cm³/mol. The molecule has 0 spiro atoms. The van der Waals surface area contributed by atoms with Crippen LogP contribution in [-0.2, 0) is 0 Å². The highest BCUT2D eigenvalue weighted by Gasteiger charge is 2.30. The molecular weight excluding hydrogens is 210 g/mol. The van der Waals surface area contributed by atoms with E-state index in [-0.39, 0.29) is 6.04 Å². The van der Waals surface area contributed by atoms with E-state index in [0.29, 0.717) is 29.6 Å². The van der Waals surface area contributed by atoms with Gasteiger partial charge in [0.05, 0.1) is 32.9 Å². The predicted octanol–water partition coefficient (Wildman–Crippen LogP) is 1.10. The summed E-state index contributed by atoms with van der Waals surface area (Å²) in [5.41, 5.74) is 6.77. The Labute approximate surface area is 94.0 Å². The number of rotatable bonds is 3. The lowest BCUT2D eigenvalue weighted by Gasteiger charge is -2.15. The summed E-state index contributed by atoms with van der Waals surface area (Å²) >= 11 is 0. The number of methoxy groups -OCH3 is 3. The van der Waals surface area contributed by atoms with E-state index < -0.39 is 0 Å². The Bertz CT molecular complexity index is 405. The second-order valence-electron chi connectivity index (χ2n) is 3.47. The Kier molecular flexibility index (Phi) is 2.78. The maximum atomic E-state index is 5.94. The van der Waals surface area contributed by atoms with Gasteiger partial charge in [0.1, 0.15) is 12.4 Å². The Balaban J connectivity index is 2.65. The van der Waals surface area contributed by atoms with Crippen molar-refractivity contribution in [2.24, 2.45) is 5.73 Å². The lowest BCUT2D eigenvalue weighted by atomic mass is 10.1. The number of hydrogen-bond acceptors (Lipinski definition) is 5. The van der Waals surface area contributed by atoms with Crippen molar-refractivity contribution in [1.29, 1.82) is 0 Å². The van der Waals surface area contributed by atoms with Crippen molar-refractivity contribution in [3.8, 4) is 23.0 Å². The molecule has 1 aliphatic heterocycles. The third-order valence-electron chi connectivity index (χ3n) is 2.62. The third kappa shape index (κ3) is 1.44. The summed E-state index contributed by atoms with van der Waals surface area (Å²) in [5.74, 6) is 2.40. The van der Waals surface area contributed by atoms with E-state index >= 15 is 0 Å². The first-order chi connectivity index (χ1) is 7.72.